The maximum Gasteiger partial charge on any atom is 0.251 e. The predicted molar refractivity (Wildman–Crippen MR) is 116 cm³/mol. The van der Waals surface area contributed by atoms with Crippen molar-refractivity contribution in [3.05, 3.63) is 89.0 Å². The van der Waals surface area contributed by atoms with E-state index in [9.17, 15) is 18.0 Å². The van der Waals surface area contributed by atoms with Crippen molar-refractivity contribution in [2.24, 2.45) is 0 Å². The van der Waals surface area contributed by atoms with Crippen LogP contribution >= 0.6 is 0 Å². The van der Waals surface area contributed by atoms with Crippen LogP contribution in [0, 0.1) is 0 Å². The minimum atomic E-state index is -3.49. The lowest BCUT2D eigenvalue weighted by molar-refractivity contribution is 0.0951. The third kappa shape index (κ3) is 3.78. The summed E-state index contributed by atoms with van der Waals surface area (Å²) in [6.07, 6.45) is 1.76. The number of ketones is 1. The van der Waals surface area contributed by atoms with Gasteiger partial charge in [-0.1, -0.05) is 42.5 Å². The molecule has 0 heterocycles. The number of sulfonamides is 1. The Morgan fingerprint density at radius 2 is 1.55 bits per heavy atom. The summed E-state index contributed by atoms with van der Waals surface area (Å²) in [4.78, 5) is 25.5. The van der Waals surface area contributed by atoms with Gasteiger partial charge in [-0.05, 0) is 53.8 Å². The van der Waals surface area contributed by atoms with Crippen molar-refractivity contribution in [2.45, 2.75) is 30.3 Å². The molecule has 31 heavy (non-hydrogen) atoms. The van der Waals surface area contributed by atoms with Gasteiger partial charge in [-0.25, -0.2) is 13.1 Å². The van der Waals surface area contributed by atoms with E-state index in [4.69, 9.17) is 0 Å². The van der Waals surface area contributed by atoms with Crippen LogP contribution in [0.15, 0.2) is 71.6 Å². The van der Waals surface area contributed by atoms with E-state index in [1.165, 1.54) is 12.1 Å². The Balaban J connectivity index is 1.27. The molecule has 0 bridgehead atoms. The first kappa shape index (κ1) is 19.7. The molecule has 2 N–H and O–H groups in total. The molecule has 0 aliphatic heterocycles. The average Bonchev–Trinajstić information content (AvgIpc) is 3.55. The zero-order valence-electron chi connectivity index (χ0n) is 16.6. The first-order valence-electron chi connectivity index (χ1n) is 10.1. The lowest BCUT2D eigenvalue weighted by Gasteiger charge is -2.09. The minimum Gasteiger partial charge on any atom is -0.348 e. The molecular weight excluding hydrogens is 412 g/mol. The van der Waals surface area contributed by atoms with E-state index in [2.05, 4.69) is 10.0 Å². The normalized spacial score (nSPS) is 14.8. The molecule has 0 saturated heterocycles. The highest BCUT2D eigenvalue weighted by molar-refractivity contribution is 7.89. The summed E-state index contributed by atoms with van der Waals surface area (Å²) in [5.74, 6) is -0.365. The fourth-order valence-corrected chi connectivity index (χ4v) is 5.03. The van der Waals surface area contributed by atoms with Gasteiger partial charge in [0.1, 0.15) is 0 Å². The zero-order valence-corrected chi connectivity index (χ0v) is 17.4. The third-order valence-corrected chi connectivity index (χ3v) is 7.11. The fourth-order valence-electron chi connectivity index (χ4n) is 3.73. The van der Waals surface area contributed by atoms with Gasteiger partial charge in [0.05, 0.1) is 4.90 Å². The molecule has 1 saturated carbocycles. The van der Waals surface area contributed by atoms with Crippen LogP contribution in [0.2, 0.25) is 0 Å². The summed E-state index contributed by atoms with van der Waals surface area (Å²) in [5, 5.41) is 2.83. The summed E-state index contributed by atoms with van der Waals surface area (Å²) >= 11 is 0. The number of benzene rings is 3. The standard InChI is InChI=1S/C24H20N2O4S/c27-23-21-4-2-1-3-19(21)20-12-7-16(13-22(20)23)24(28)25-14-15-5-10-18(11-6-15)31(29,30)26-17-8-9-17/h1-7,10-13,17,26H,8-9,14H2,(H,25,28). The van der Waals surface area contributed by atoms with Crippen LogP contribution in [0.4, 0.5) is 0 Å². The lowest BCUT2D eigenvalue weighted by atomic mass is 10.0. The van der Waals surface area contributed by atoms with Crippen molar-refractivity contribution in [1.29, 1.82) is 0 Å². The molecule has 3 aromatic rings. The van der Waals surface area contributed by atoms with E-state index in [1.54, 1.807) is 36.4 Å². The Morgan fingerprint density at radius 3 is 2.26 bits per heavy atom. The highest BCUT2D eigenvalue weighted by Gasteiger charge is 2.28. The molecule has 0 spiro atoms. The third-order valence-electron chi connectivity index (χ3n) is 5.57. The quantitative estimate of drug-likeness (QED) is 0.489. The van der Waals surface area contributed by atoms with E-state index >= 15 is 0 Å². The maximum atomic E-state index is 12.6. The van der Waals surface area contributed by atoms with Crippen LogP contribution in [0.5, 0.6) is 0 Å². The molecule has 5 rings (SSSR count). The molecule has 2 aliphatic carbocycles. The summed E-state index contributed by atoms with van der Waals surface area (Å²) in [6, 6.07) is 19.1. The lowest BCUT2D eigenvalue weighted by Crippen LogP contribution is -2.26. The number of carbonyl (C=O) groups excluding carboxylic acids is 2. The van der Waals surface area contributed by atoms with Crippen molar-refractivity contribution in [2.75, 3.05) is 0 Å². The highest BCUT2D eigenvalue weighted by Crippen LogP contribution is 2.36. The average molecular weight is 433 g/mol. The number of amides is 1. The second kappa shape index (κ2) is 7.44. The van der Waals surface area contributed by atoms with Gasteiger partial charge in [0.15, 0.2) is 5.78 Å². The summed E-state index contributed by atoms with van der Waals surface area (Å²) in [5.41, 5.74) is 4.11. The van der Waals surface area contributed by atoms with Crippen LogP contribution in [0.1, 0.15) is 44.7 Å². The van der Waals surface area contributed by atoms with Crippen LogP contribution in [0.3, 0.4) is 0 Å². The van der Waals surface area contributed by atoms with E-state index in [0.29, 0.717) is 16.7 Å². The Hall–Kier alpha value is -3.29. The minimum absolute atomic E-state index is 0.0518. The van der Waals surface area contributed by atoms with Crippen LogP contribution in [0.25, 0.3) is 11.1 Å². The first-order chi connectivity index (χ1) is 14.9. The van der Waals surface area contributed by atoms with Gasteiger partial charge in [0.25, 0.3) is 5.91 Å². The van der Waals surface area contributed by atoms with Gasteiger partial charge in [0, 0.05) is 29.3 Å². The smallest absolute Gasteiger partial charge is 0.251 e. The second-order valence-corrected chi connectivity index (χ2v) is 9.57. The molecule has 7 heteroatoms. The van der Waals surface area contributed by atoms with E-state index < -0.39 is 10.0 Å². The molecule has 3 aromatic carbocycles. The topological polar surface area (TPSA) is 92.3 Å². The Bertz CT molecular complexity index is 1310. The summed E-state index contributed by atoms with van der Waals surface area (Å²) in [6.45, 7) is 0.250. The molecule has 0 aromatic heterocycles. The van der Waals surface area contributed by atoms with Crippen molar-refractivity contribution in [1.82, 2.24) is 10.0 Å². The second-order valence-electron chi connectivity index (χ2n) is 7.86. The van der Waals surface area contributed by atoms with E-state index in [-0.39, 0.29) is 29.2 Å². The monoisotopic (exact) mass is 432 g/mol. The van der Waals surface area contributed by atoms with Crippen molar-refractivity contribution < 1.29 is 18.0 Å². The van der Waals surface area contributed by atoms with Crippen LogP contribution in [-0.2, 0) is 16.6 Å². The molecule has 2 aliphatic rings. The molecular formula is C24H20N2O4S. The Labute approximate surface area is 180 Å². The zero-order chi connectivity index (χ0) is 21.6. The maximum absolute atomic E-state index is 12.6. The number of carbonyl (C=O) groups is 2. The number of fused-ring (bicyclic) bond motifs is 3. The predicted octanol–water partition coefficient (Wildman–Crippen LogP) is 3.27. The molecule has 6 nitrogen and oxygen atoms in total. The molecule has 1 fully saturated rings. The fraction of sp³-hybridized carbons (Fsp3) is 0.167. The van der Waals surface area contributed by atoms with Crippen LogP contribution in [-0.4, -0.2) is 26.2 Å². The summed E-state index contributed by atoms with van der Waals surface area (Å²) < 4.78 is 27.1. The number of nitrogens with one attached hydrogen (secondary N) is 2. The van der Waals surface area contributed by atoms with E-state index in [1.807, 2.05) is 18.2 Å². The Morgan fingerprint density at radius 1 is 0.871 bits per heavy atom. The Kier molecular flexibility index (Phi) is 4.72. The van der Waals surface area contributed by atoms with Gasteiger partial charge in [-0.2, -0.15) is 0 Å². The number of hydrogen-bond acceptors (Lipinski definition) is 4. The van der Waals surface area contributed by atoms with Crippen LogP contribution < -0.4 is 10.0 Å². The molecule has 0 atom stereocenters. The molecule has 156 valence electrons. The number of rotatable bonds is 6. The SMILES string of the molecule is O=C(NCc1ccc(S(=O)(=O)NC2CC2)cc1)c1ccc2c(c1)C(=O)c1ccccc1-2. The summed E-state index contributed by atoms with van der Waals surface area (Å²) in [7, 11) is -3.49. The molecule has 0 radical (unpaired) electrons. The number of hydrogen-bond donors (Lipinski definition) is 2. The van der Waals surface area contributed by atoms with E-state index in [0.717, 1.165) is 29.5 Å². The molecule has 0 unspecified atom stereocenters. The first-order valence-corrected chi connectivity index (χ1v) is 11.6. The highest BCUT2D eigenvalue weighted by atomic mass is 32.2. The van der Waals surface area contributed by atoms with Gasteiger partial charge in [-0.15, -0.1) is 0 Å². The molecule has 1 amide bonds. The van der Waals surface area contributed by atoms with Crippen molar-refractivity contribution in [3.63, 3.8) is 0 Å². The van der Waals surface area contributed by atoms with Gasteiger partial charge in [0.2, 0.25) is 10.0 Å². The van der Waals surface area contributed by atoms with Gasteiger partial charge in [-0.3, -0.25) is 9.59 Å². The van der Waals surface area contributed by atoms with Crippen molar-refractivity contribution in [3.8, 4) is 11.1 Å². The largest absolute Gasteiger partial charge is 0.348 e. The van der Waals surface area contributed by atoms with Crippen molar-refractivity contribution >= 4 is 21.7 Å². The van der Waals surface area contributed by atoms with Gasteiger partial charge < -0.3 is 5.32 Å². The van der Waals surface area contributed by atoms with Gasteiger partial charge >= 0.3 is 0 Å².